The second kappa shape index (κ2) is 4.86. The molecule has 1 rings (SSSR count). The molecule has 92 valence electrons. The number of benzene rings is 1. The lowest BCUT2D eigenvalue weighted by molar-refractivity contribution is -0.146. The van der Waals surface area contributed by atoms with E-state index in [1.54, 1.807) is 38.1 Å². The number of nitrogens with one attached hydrogen (secondary N) is 1. The Labute approximate surface area is 99.6 Å². The molecule has 0 unspecified atom stereocenters. The summed E-state index contributed by atoms with van der Waals surface area (Å²) in [6, 6.07) is 6.58. The zero-order valence-electron chi connectivity index (χ0n) is 9.86. The van der Waals surface area contributed by atoms with Crippen molar-refractivity contribution in [1.29, 1.82) is 0 Å². The van der Waals surface area contributed by atoms with E-state index in [4.69, 9.17) is 10.8 Å². The molecule has 0 spiro atoms. The summed E-state index contributed by atoms with van der Waals surface area (Å²) in [6.45, 7) is 3.58. The van der Waals surface area contributed by atoms with Crippen LogP contribution in [0.25, 0.3) is 0 Å². The standard InChI is InChI=1S/C12H16N2O3/c1-12(2,11(16)17)7-14-9-5-3-8(4-6-9)10(13)15/h3-6,14H,7H2,1-2H3,(H2,13,15)(H,16,17). The molecule has 5 nitrogen and oxygen atoms in total. The van der Waals surface area contributed by atoms with Crippen molar-refractivity contribution in [2.45, 2.75) is 13.8 Å². The molecule has 1 aromatic rings. The van der Waals surface area contributed by atoms with E-state index in [0.29, 0.717) is 12.1 Å². The minimum Gasteiger partial charge on any atom is -0.481 e. The van der Waals surface area contributed by atoms with Crippen LogP contribution in [0.2, 0.25) is 0 Å². The number of rotatable bonds is 5. The lowest BCUT2D eigenvalue weighted by Crippen LogP contribution is -2.31. The molecular formula is C12H16N2O3. The Morgan fingerprint density at radius 3 is 2.24 bits per heavy atom. The lowest BCUT2D eigenvalue weighted by atomic mass is 9.94. The molecule has 0 atom stereocenters. The van der Waals surface area contributed by atoms with Crippen LogP contribution in [0, 0.1) is 5.41 Å². The van der Waals surface area contributed by atoms with Gasteiger partial charge in [0.1, 0.15) is 0 Å². The molecule has 4 N–H and O–H groups in total. The third-order valence-electron chi connectivity index (χ3n) is 2.48. The highest BCUT2D eigenvalue weighted by molar-refractivity contribution is 5.93. The summed E-state index contributed by atoms with van der Waals surface area (Å²) in [7, 11) is 0. The number of carbonyl (C=O) groups excluding carboxylic acids is 1. The number of carbonyl (C=O) groups is 2. The Kier molecular flexibility index (Phi) is 3.73. The maximum absolute atomic E-state index is 10.9. The first-order valence-electron chi connectivity index (χ1n) is 5.20. The van der Waals surface area contributed by atoms with Crippen molar-refractivity contribution in [3.63, 3.8) is 0 Å². The number of primary amides is 1. The van der Waals surface area contributed by atoms with Crippen LogP contribution in [0.3, 0.4) is 0 Å². The molecule has 5 heteroatoms. The Hall–Kier alpha value is -2.04. The summed E-state index contributed by atoms with van der Waals surface area (Å²) in [5.74, 6) is -1.35. The molecule has 17 heavy (non-hydrogen) atoms. The van der Waals surface area contributed by atoms with E-state index in [2.05, 4.69) is 5.32 Å². The van der Waals surface area contributed by atoms with Crippen LogP contribution in [0.5, 0.6) is 0 Å². The van der Waals surface area contributed by atoms with E-state index in [1.807, 2.05) is 0 Å². The fourth-order valence-corrected chi connectivity index (χ4v) is 1.15. The van der Waals surface area contributed by atoms with Gasteiger partial charge in [-0.05, 0) is 38.1 Å². The van der Waals surface area contributed by atoms with Crippen molar-refractivity contribution in [3.05, 3.63) is 29.8 Å². The first kappa shape index (κ1) is 13.0. The molecular weight excluding hydrogens is 220 g/mol. The monoisotopic (exact) mass is 236 g/mol. The quantitative estimate of drug-likeness (QED) is 0.718. The van der Waals surface area contributed by atoms with Gasteiger partial charge in [0.05, 0.1) is 5.41 Å². The molecule has 0 aliphatic carbocycles. The lowest BCUT2D eigenvalue weighted by Gasteiger charge is -2.20. The molecule has 0 bridgehead atoms. The third kappa shape index (κ3) is 3.48. The fraction of sp³-hybridized carbons (Fsp3) is 0.333. The van der Waals surface area contributed by atoms with Crippen molar-refractivity contribution in [3.8, 4) is 0 Å². The highest BCUT2D eigenvalue weighted by atomic mass is 16.4. The summed E-state index contributed by atoms with van der Waals surface area (Å²) >= 11 is 0. The van der Waals surface area contributed by atoms with Gasteiger partial charge in [0, 0.05) is 17.8 Å². The first-order valence-corrected chi connectivity index (χ1v) is 5.20. The number of hydrogen-bond donors (Lipinski definition) is 3. The Balaban J connectivity index is 2.65. The number of amides is 1. The predicted octanol–water partition coefficient (Wildman–Crippen LogP) is 1.31. The second-order valence-electron chi connectivity index (χ2n) is 4.48. The Bertz CT molecular complexity index is 424. The van der Waals surface area contributed by atoms with Gasteiger partial charge in [-0.3, -0.25) is 9.59 Å². The molecule has 0 aromatic heterocycles. The molecule has 0 fully saturated rings. The van der Waals surface area contributed by atoms with Crippen LogP contribution >= 0.6 is 0 Å². The summed E-state index contributed by atoms with van der Waals surface area (Å²) in [5, 5.41) is 11.9. The molecule has 0 saturated carbocycles. The molecule has 0 heterocycles. The van der Waals surface area contributed by atoms with E-state index in [-0.39, 0.29) is 0 Å². The SMILES string of the molecule is CC(C)(CNc1ccc(C(N)=O)cc1)C(=O)O. The average Bonchev–Trinajstić information content (AvgIpc) is 2.27. The maximum Gasteiger partial charge on any atom is 0.310 e. The van der Waals surface area contributed by atoms with Gasteiger partial charge in [-0.25, -0.2) is 0 Å². The van der Waals surface area contributed by atoms with Crippen LogP contribution < -0.4 is 11.1 Å². The number of hydrogen-bond acceptors (Lipinski definition) is 3. The van der Waals surface area contributed by atoms with E-state index in [0.717, 1.165) is 5.69 Å². The Morgan fingerprint density at radius 1 is 1.29 bits per heavy atom. The van der Waals surface area contributed by atoms with Gasteiger partial charge in [-0.15, -0.1) is 0 Å². The van der Waals surface area contributed by atoms with E-state index in [9.17, 15) is 9.59 Å². The first-order chi connectivity index (χ1) is 7.83. The van der Waals surface area contributed by atoms with Gasteiger partial charge in [-0.1, -0.05) is 0 Å². The minimum atomic E-state index is -0.862. The second-order valence-corrected chi connectivity index (χ2v) is 4.48. The van der Waals surface area contributed by atoms with Crippen molar-refractivity contribution in [2.75, 3.05) is 11.9 Å². The Morgan fingerprint density at radius 2 is 1.82 bits per heavy atom. The minimum absolute atomic E-state index is 0.304. The van der Waals surface area contributed by atoms with Crippen LogP contribution in [-0.2, 0) is 4.79 Å². The van der Waals surface area contributed by atoms with Crippen molar-refractivity contribution in [1.82, 2.24) is 0 Å². The van der Waals surface area contributed by atoms with Crippen LogP contribution in [-0.4, -0.2) is 23.5 Å². The summed E-state index contributed by atoms with van der Waals surface area (Å²) in [4.78, 5) is 21.7. The fourth-order valence-electron chi connectivity index (χ4n) is 1.15. The van der Waals surface area contributed by atoms with Gasteiger partial charge in [-0.2, -0.15) is 0 Å². The van der Waals surface area contributed by atoms with E-state index >= 15 is 0 Å². The highest BCUT2D eigenvalue weighted by Gasteiger charge is 2.26. The van der Waals surface area contributed by atoms with Crippen molar-refractivity contribution < 1.29 is 14.7 Å². The van der Waals surface area contributed by atoms with Crippen molar-refractivity contribution >= 4 is 17.6 Å². The van der Waals surface area contributed by atoms with Gasteiger partial charge < -0.3 is 16.2 Å². The number of anilines is 1. The van der Waals surface area contributed by atoms with Gasteiger partial charge in [0.2, 0.25) is 5.91 Å². The topological polar surface area (TPSA) is 92.4 Å². The molecule has 1 aromatic carbocycles. The zero-order chi connectivity index (χ0) is 13.1. The smallest absolute Gasteiger partial charge is 0.310 e. The number of nitrogens with two attached hydrogens (primary N) is 1. The molecule has 0 saturated heterocycles. The van der Waals surface area contributed by atoms with Gasteiger partial charge >= 0.3 is 5.97 Å². The van der Waals surface area contributed by atoms with Crippen LogP contribution in [0.15, 0.2) is 24.3 Å². The summed E-state index contributed by atoms with van der Waals surface area (Å²) < 4.78 is 0. The molecule has 1 amide bonds. The largest absolute Gasteiger partial charge is 0.481 e. The average molecular weight is 236 g/mol. The van der Waals surface area contributed by atoms with E-state index < -0.39 is 17.3 Å². The van der Waals surface area contributed by atoms with Gasteiger partial charge in [0.25, 0.3) is 0 Å². The molecule has 0 aliphatic rings. The predicted molar refractivity (Wildman–Crippen MR) is 64.9 cm³/mol. The summed E-state index contributed by atoms with van der Waals surface area (Å²) in [6.07, 6.45) is 0. The maximum atomic E-state index is 10.9. The number of carboxylic acids is 1. The van der Waals surface area contributed by atoms with Crippen LogP contribution in [0.1, 0.15) is 24.2 Å². The zero-order valence-corrected chi connectivity index (χ0v) is 9.86. The molecule has 0 aliphatic heterocycles. The van der Waals surface area contributed by atoms with Gasteiger partial charge in [0.15, 0.2) is 0 Å². The van der Waals surface area contributed by atoms with E-state index in [1.165, 1.54) is 0 Å². The summed E-state index contributed by atoms with van der Waals surface area (Å²) in [5.41, 5.74) is 5.44. The molecule has 0 radical (unpaired) electrons. The third-order valence-corrected chi connectivity index (χ3v) is 2.48. The normalized spacial score (nSPS) is 10.9. The van der Waals surface area contributed by atoms with Crippen LogP contribution in [0.4, 0.5) is 5.69 Å². The number of carboxylic acid groups (broad SMARTS) is 1. The number of aliphatic carboxylic acids is 1. The highest BCUT2D eigenvalue weighted by Crippen LogP contribution is 2.17. The van der Waals surface area contributed by atoms with Crippen molar-refractivity contribution in [2.24, 2.45) is 11.1 Å².